The third kappa shape index (κ3) is 7.81. The van der Waals surface area contributed by atoms with Crippen LogP contribution < -0.4 is 40.7 Å². The Morgan fingerprint density at radius 2 is 1.22 bits per heavy atom. The molecule has 14 nitrogen and oxygen atoms in total. The SMILES string of the molecule is CCSCC(O)(C(Nc1cccc2c(=O)n(C)ncc12)c1cccc2c1OCO2)C(F)(F)F.Cn1ncc2c(NC(c3cccc4c3OCO4)C3(C(F)(F)F)CO3)cccc2c1=O. The molecule has 2 aromatic heterocycles. The maximum Gasteiger partial charge on any atom is 0.422 e. The number of thioether (sulfide) groups is 1. The molecule has 4 unspecified atom stereocenters. The lowest BCUT2D eigenvalue weighted by atomic mass is 9.88. The first-order valence-electron chi connectivity index (χ1n) is 19.3. The molecule has 9 rings (SSSR count). The Morgan fingerprint density at radius 3 is 1.71 bits per heavy atom. The minimum absolute atomic E-state index is 0.0762. The average Bonchev–Trinajstić information content (AvgIpc) is 3.68. The minimum atomic E-state index is -4.98. The van der Waals surface area contributed by atoms with E-state index in [-0.39, 0.29) is 52.8 Å². The van der Waals surface area contributed by atoms with Crippen LogP contribution in [0.4, 0.5) is 37.7 Å². The molecule has 0 amide bonds. The van der Waals surface area contributed by atoms with Crippen LogP contribution in [0.5, 0.6) is 23.0 Å². The van der Waals surface area contributed by atoms with E-state index in [4.69, 9.17) is 23.7 Å². The number of aliphatic hydroxyl groups is 1. The number of para-hydroxylation sites is 2. The molecule has 6 aromatic rings. The fraction of sp³-hybridized carbons (Fsp3) is 0.333. The van der Waals surface area contributed by atoms with Gasteiger partial charge in [-0.2, -0.15) is 48.3 Å². The second-order valence-corrected chi connectivity index (χ2v) is 16.0. The monoisotopic (exact) mass is 900 g/mol. The van der Waals surface area contributed by atoms with Crippen molar-refractivity contribution in [1.82, 2.24) is 19.6 Å². The molecule has 4 atom stereocenters. The number of nitrogens with zero attached hydrogens (tertiary/aromatic N) is 4. The van der Waals surface area contributed by atoms with Crippen LogP contribution in [0.2, 0.25) is 0 Å². The second kappa shape index (κ2) is 16.5. The average molecular weight is 901 g/mol. The molecule has 5 heterocycles. The van der Waals surface area contributed by atoms with Crippen molar-refractivity contribution in [3.63, 3.8) is 0 Å². The summed E-state index contributed by atoms with van der Waals surface area (Å²) in [5.74, 6) is 0.800. The Labute approximate surface area is 357 Å². The zero-order valence-electron chi connectivity index (χ0n) is 33.5. The summed E-state index contributed by atoms with van der Waals surface area (Å²) in [6.07, 6.45) is -6.77. The third-order valence-electron chi connectivity index (χ3n) is 11.0. The molecule has 21 heteroatoms. The van der Waals surface area contributed by atoms with Crippen molar-refractivity contribution in [2.75, 3.05) is 42.3 Å². The number of fused-ring (bicyclic) bond motifs is 4. The van der Waals surface area contributed by atoms with Gasteiger partial charge in [-0.1, -0.05) is 43.3 Å². The maximum atomic E-state index is 14.4. The third-order valence-corrected chi connectivity index (χ3v) is 12.0. The molecule has 0 aliphatic carbocycles. The van der Waals surface area contributed by atoms with Crippen molar-refractivity contribution >= 4 is 44.7 Å². The molecule has 1 fully saturated rings. The van der Waals surface area contributed by atoms with E-state index in [2.05, 4.69) is 20.8 Å². The van der Waals surface area contributed by atoms with Gasteiger partial charge in [0.05, 0.1) is 41.9 Å². The first kappa shape index (κ1) is 43.5. The molecule has 1 saturated heterocycles. The Morgan fingerprint density at radius 1 is 0.730 bits per heavy atom. The van der Waals surface area contributed by atoms with E-state index in [9.17, 15) is 41.0 Å². The lowest BCUT2D eigenvalue weighted by molar-refractivity contribution is -0.256. The fourth-order valence-corrected chi connectivity index (χ4v) is 8.35. The maximum absolute atomic E-state index is 14.4. The number of rotatable bonds is 11. The molecular formula is C42H38F6N6O8S. The normalized spacial score (nSPS) is 18.3. The summed E-state index contributed by atoms with van der Waals surface area (Å²) in [7, 11) is 2.99. The van der Waals surface area contributed by atoms with Crippen LogP contribution in [0.1, 0.15) is 30.1 Å². The van der Waals surface area contributed by atoms with Gasteiger partial charge in [0.25, 0.3) is 11.1 Å². The van der Waals surface area contributed by atoms with Gasteiger partial charge in [-0.25, -0.2) is 9.36 Å². The van der Waals surface area contributed by atoms with E-state index in [1.54, 1.807) is 73.7 Å². The number of hydrogen-bond donors (Lipinski definition) is 3. The number of aryl methyl sites for hydroxylation is 2. The van der Waals surface area contributed by atoms with Crippen molar-refractivity contribution in [3.8, 4) is 23.0 Å². The molecular weight excluding hydrogens is 863 g/mol. The van der Waals surface area contributed by atoms with Gasteiger partial charge in [0, 0.05) is 53.1 Å². The second-order valence-electron chi connectivity index (χ2n) is 14.7. The van der Waals surface area contributed by atoms with Crippen LogP contribution in [-0.4, -0.2) is 79.9 Å². The van der Waals surface area contributed by atoms with Gasteiger partial charge in [-0.15, -0.1) is 0 Å². The quantitative estimate of drug-likeness (QED) is 0.0900. The van der Waals surface area contributed by atoms with Crippen LogP contribution in [0.3, 0.4) is 0 Å². The van der Waals surface area contributed by atoms with Gasteiger partial charge in [0.15, 0.2) is 28.6 Å². The molecule has 3 N–H and O–H groups in total. The van der Waals surface area contributed by atoms with Crippen molar-refractivity contribution in [3.05, 3.63) is 117 Å². The topological polar surface area (TPSA) is 164 Å². The molecule has 3 aliphatic heterocycles. The highest BCUT2D eigenvalue weighted by atomic mass is 32.2. The van der Waals surface area contributed by atoms with Crippen LogP contribution in [0.15, 0.2) is 94.8 Å². The van der Waals surface area contributed by atoms with Crippen LogP contribution in [0, 0.1) is 0 Å². The lowest BCUT2D eigenvalue weighted by Crippen LogP contribution is -2.54. The first-order chi connectivity index (χ1) is 30.0. The number of epoxide rings is 1. The highest BCUT2D eigenvalue weighted by Gasteiger charge is 2.71. The van der Waals surface area contributed by atoms with Crippen molar-refractivity contribution < 1.29 is 55.1 Å². The molecule has 63 heavy (non-hydrogen) atoms. The largest absolute Gasteiger partial charge is 0.454 e. The Kier molecular flexibility index (Phi) is 11.4. The molecule has 0 spiro atoms. The predicted octanol–water partition coefficient (Wildman–Crippen LogP) is 7.01. The van der Waals surface area contributed by atoms with Crippen LogP contribution in [0.25, 0.3) is 21.5 Å². The van der Waals surface area contributed by atoms with Gasteiger partial charge in [0.1, 0.15) is 0 Å². The van der Waals surface area contributed by atoms with Gasteiger partial charge >= 0.3 is 12.4 Å². The summed E-state index contributed by atoms with van der Waals surface area (Å²) in [5, 5.41) is 26.4. The van der Waals surface area contributed by atoms with Crippen LogP contribution in [-0.2, 0) is 18.8 Å². The van der Waals surface area contributed by atoms with Gasteiger partial charge in [0.2, 0.25) is 19.2 Å². The van der Waals surface area contributed by atoms with Gasteiger partial charge in [-0.3, -0.25) is 9.59 Å². The zero-order valence-corrected chi connectivity index (χ0v) is 34.4. The van der Waals surface area contributed by atoms with Gasteiger partial charge in [-0.05, 0) is 42.2 Å². The number of aromatic nitrogens is 4. The molecule has 4 aromatic carbocycles. The zero-order chi connectivity index (χ0) is 44.9. The van der Waals surface area contributed by atoms with E-state index < -0.39 is 53.6 Å². The molecule has 3 aliphatic rings. The van der Waals surface area contributed by atoms with Gasteiger partial charge < -0.3 is 39.4 Å². The van der Waals surface area contributed by atoms with E-state index in [1.807, 2.05) is 0 Å². The summed E-state index contributed by atoms with van der Waals surface area (Å²) >= 11 is 0.969. The Balaban J connectivity index is 0.000000173. The summed E-state index contributed by atoms with van der Waals surface area (Å²) in [5.41, 5.74) is -5.42. The molecule has 0 saturated carbocycles. The number of halogens is 6. The summed E-state index contributed by atoms with van der Waals surface area (Å²) in [6.45, 7) is 1.01. The fourth-order valence-electron chi connectivity index (χ4n) is 7.50. The number of benzene rings is 4. The van der Waals surface area contributed by atoms with Crippen molar-refractivity contribution in [1.29, 1.82) is 0 Å². The highest BCUT2D eigenvalue weighted by molar-refractivity contribution is 7.99. The Hall–Kier alpha value is -6.19. The predicted molar refractivity (Wildman–Crippen MR) is 221 cm³/mol. The van der Waals surface area contributed by atoms with E-state index in [0.29, 0.717) is 39.1 Å². The smallest absolute Gasteiger partial charge is 0.422 e. The van der Waals surface area contributed by atoms with E-state index in [0.717, 1.165) is 16.4 Å². The van der Waals surface area contributed by atoms with E-state index in [1.165, 1.54) is 37.2 Å². The minimum Gasteiger partial charge on any atom is -0.454 e. The number of anilines is 2. The lowest BCUT2D eigenvalue weighted by Gasteiger charge is -2.39. The summed E-state index contributed by atoms with van der Waals surface area (Å²) < 4.78 is 114. The summed E-state index contributed by atoms with van der Waals surface area (Å²) in [6, 6.07) is 15.8. The molecule has 0 bridgehead atoms. The number of ether oxygens (including phenoxy) is 5. The summed E-state index contributed by atoms with van der Waals surface area (Å²) in [4.78, 5) is 24.9. The highest BCUT2D eigenvalue weighted by Crippen LogP contribution is 2.56. The Bertz CT molecular complexity index is 2820. The van der Waals surface area contributed by atoms with Crippen molar-refractivity contribution in [2.45, 2.75) is 42.6 Å². The first-order valence-corrected chi connectivity index (χ1v) is 20.4. The number of hydrogen-bond acceptors (Lipinski definition) is 13. The van der Waals surface area contributed by atoms with E-state index >= 15 is 0 Å². The molecule has 0 radical (unpaired) electrons. The number of alkyl halides is 6. The standard InChI is InChI=1S/C22H22F3N3O4S.C20H16F3N3O4/c1-3-33-11-21(30,22(23,24)25)19(14-7-5-9-17-18(14)32-12-31-17)27-16-8-4-6-13-15(16)10-26-28(2)20(13)29;1-26-18(27)11-4-2-6-14(13(11)8-24-26)25-17(19(9-30-19)20(21,22)23)12-5-3-7-15-16(12)29-10-28-15/h4-10,19,27,30H,3,11-12H2,1-2H3;2-8,17,25H,9-10H2,1H3. The number of nitrogens with one attached hydrogen (secondary N) is 2. The molecule has 332 valence electrons. The van der Waals surface area contributed by atoms with Crippen LogP contribution >= 0.6 is 11.8 Å². The van der Waals surface area contributed by atoms with Crippen molar-refractivity contribution in [2.24, 2.45) is 14.1 Å².